The van der Waals surface area contributed by atoms with Crippen molar-refractivity contribution >= 4 is 6.16 Å². The molecule has 0 spiro atoms. The third-order valence-electron chi connectivity index (χ3n) is 3.17. The molecule has 0 atom stereocenters. The molecule has 3 aromatic rings. The van der Waals surface area contributed by atoms with Crippen LogP contribution >= 0.6 is 0 Å². The number of rotatable bonds is 2. The molecule has 1 N–H and O–H groups in total. The summed E-state index contributed by atoms with van der Waals surface area (Å²) in [4.78, 5) is 10.1. The van der Waals surface area contributed by atoms with E-state index in [1.54, 1.807) is 25.1 Å². The van der Waals surface area contributed by atoms with Crippen LogP contribution in [-0.2, 0) is 0 Å². The summed E-state index contributed by atoms with van der Waals surface area (Å²) in [6, 6.07) is 27.7. The zero-order valence-corrected chi connectivity index (χ0v) is 12.8. The molecule has 0 bridgehead atoms. The van der Waals surface area contributed by atoms with Crippen LogP contribution in [0.1, 0.15) is 5.56 Å². The van der Waals surface area contributed by atoms with Gasteiger partial charge in [0, 0.05) is 0 Å². The maximum absolute atomic E-state index is 10.1. The summed E-state index contributed by atoms with van der Waals surface area (Å²) >= 11 is 0. The molecule has 0 aliphatic heterocycles. The molecule has 0 aliphatic carbocycles. The van der Waals surface area contributed by atoms with E-state index >= 15 is 0 Å². The third-order valence-corrected chi connectivity index (χ3v) is 3.17. The first-order valence-corrected chi connectivity index (χ1v) is 7.23. The summed E-state index contributed by atoms with van der Waals surface area (Å²) in [6.07, 6.45) is -1.28. The van der Waals surface area contributed by atoms with E-state index in [0.717, 1.165) is 5.56 Å². The molecule has 0 saturated carbocycles. The van der Waals surface area contributed by atoms with Crippen molar-refractivity contribution < 1.29 is 14.6 Å². The predicted molar refractivity (Wildman–Crippen MR) is 91.7 cm³/mol. The molecule has 3 aromatic carbocycles. The molecule has 3 rings (SSSR count). The summed E-state index contributed by atoms with van der Waals surface area (Å²) in [5.41, 5.74) is 3.37. The molecular weight excluding hydrogens is 288 g/mol. The second-order valence-corrected chi connectivity index (χ2v) is 4.87. The Bertz CT molecular complexity index is 700. The number of hydrogen-bond acceptors (Lipinski definition) is 2. The van der Waals surface area contributed by atoms with E-state index in [4.69, 9.17) is 5.11 Å². The van der Waals surface area contributed by atoms with E-state index in [1.807, 2.05) is 18.2 Å². The van der Waals surface area contributed by atoms with Gasteiger partial charge in [-0.15, -0.1) is 0 Å². The smallest absolute Gasteiger partial charge is 0.449 e. The number of ether oxygens (including phenoxy) is 1. The molecule has 3 heteroatoms. The molecule has 0 aliphatic rings. The zero-order valence-electron chi connectivity index (χ0n) is 12.8. The summed E-state index contributed by atoms with van der Waals surface area (Å²) in [5.74, 6) is 0.389. The average molecular weight is 306 g/mol. The van der Waals surface area contributed by atoms with Crippen molar-refractivity contribution in [3.05, 3.63) is 90.5 Å². The molecule has 23 heavy (non-hydrogen) atoms. The third kappa shape index (κ3) is 5.32. The second kappa shape index (κ2) is 8.39. The van der Waals surface area contributed by atoms with Gasteiger partial charge in [-0.3, -0.25) is 0 Å². The van der Waals surface area contributed by atoms with Gasteiger partial charge in [-0.2, -0.15) is 0 Å². The van der Waals surface area contributed by atoms with Gasteiger partial charge in [0.15, 0.2) is 0 Å². The molecule has 0 saturated heterocycles. The fourth-order valence-electron chi connectivity index (χ4n) is 2.03. The lowest BCUT2D eigenvalue weighted by molar-refractivity contribution is 0.144. The first-order valence-electron chi connectivity index (χ1n) is 7.23. The van der Waals surface area contributed by atoms with Crippen LogP contribution in [0.4, 0.5) is 4.79 Å². The number of hydrogen-bond donors (Lipinski definition) is 1. The number of carbonyl (C=O) groups is 1. The number of aryl methyl sites for hydroxylation is 1. The summed E-state index contributed by atoms with van der Waals surface area (Å²) in [6.45, 7) is 1.79. The van der Waals surface area contributed by atoms with Gasteiger partial charge in [-0.25, -0.2) is 4.79 Å². The van der Waals surface area contributed by atoms with Crippen LogP contribution in [0.15, 0.2) is 84.9 Å². The van der Waals surface area contributed by atoms with Gasteiger partial charge < -0.3 is 9.84 Å². The highest BCUT2D eigenvalue weighted by molar-refractivity contribution is 5.63. The molecule has 3 nitrogen and oxygen atoms in total. The maximum atomic E-state index is 10.1. The van der Waals surface area contributed by atoms with Gasteiger partial charge in [-0.05, 0) is 29.7 Å². The minimum Gasteiger partial charge on any atom is -0.449 e. The summed E-state index contributed by atoms with van der Waals surface area (Å²) in [5, 5.41) is 8.27. The van der Waals surface area contributed by atoms with Gasteiger partial charge in [0.25, 0.3) is 0 Å². The Labute approximate surface area is 135 Å². The van der Waals surface area contributed by atoms with Crippen molar-refractivity contribution in [3.63, 3.8) is 0 Å². The van der Waals surface area contributed by atoms with Gasteiger partial charge in [0.2, 0.25) is 0 Å². The summed E-state index contributed by atoms with van der Waals surface area (Å²) < 4.78 is 4.46. The van der Waals surface area contributed by atoms with Gasteiger partial charge in [0.05, 0.1) is 0 Å². The molecule has 116 valence electrons. The van der Waals surface area contributed by atoms with Crippen molar-refractivity contribution in [1.29, 1.82) is 0 Å². The Morgan fingerprint density at radius 2 is 1.17 bits per heavy atom. The van der Waals surface area contributed by atoms with Crippen LogP contribution < -0.4 is 4.74 Å². The van der Waals surface area contributed by atoms with Crippen LogP contribution in [0.3, 0.4) is 0 Å². The van der Waals surface area contributed by atoms with Crippen LogP contribution in [0, 0.1) is 6.92 Å². The SMILES string of the molecule is Cc1ccccc1OC(=O)O.c1ccc(-c2ccccc2)cc1. The Kier molecular flexibility index (Phi) is 5.95. The predicted octanol–water partition coefficient (Wildman–Crippen LogP) is 5.41. The molecule has 0 unspecified atom stereocenters. The molecule has 0 fully saturated rings. The Balaban J connectivity index is 0.000000168. The van der Waals surface area contributed by atoms with Crippen LogP contribution in [-0.4, -0.2) is 11.3 Å². The number of para-hydroxylation sites is 1. The van der Waals surface area contributed by atoms with E-state index in [1.165, 1.54) is 11.1 Å². The van der Waals surface area contributed by atoms with Gasteiger partial charge in [-0.1, -0.05) is 78.9 Å². The standard InChI is InChI=1S/C12H10.C8H8O3/c1-3-7-11(8-4-1)12-9-5-2-6-10-12;1-6-4-2-3-5-7(6)11-8(9)10/h1-10H;2-5H,1H3,(H,9,10). The summed E-state index contributed by atoms with van der Waals surface area (Å²) in [7, 11) is 0. The lowest BCUT2D eigenvalue weighted by atomic mass is 10.1. The maximum Gasteiger partial charge on any atom is 0.511 e. The Morgan fingerprint density at radius 3 is 1.61 bits per heavy atom. The minimum absolute atomic E-state index is 0.389. The van der Waals surface area contributed by atoms with Crippen LogP contribution in [0.2, 0.25) is 0 Å². The van der Waals surface area contributed by atoms with E-state index in [-0.39, 0.29) is 0 Å². The van der Waals surface area contributed by atoms with E-state index in [0.29, 0.717) is 5.75 Å². The topological polar surface area (TPSA) is 46.5 Å². The van der Waals surface area contributed by atoms with Gasteiger partial charge >= 0.3 is 6.16 Å². The Morgan fingerprint density at radius 1 is 0.739 bits per heavy atom. The number of carboxylic acid groups (broad SMARTS) is 1. The highest BCUT2D eigenvalue weighted by Gasteiger charge is 2.01. The lowest BCUT2D eigenvalue weighted by Crippen LogP contribution is -2.03. The average Bonchev–Trinajstić information content (AvgIpc) is 2.59. The van der Waals surface area contributed by atoms with E-state index < -0.39 is 6.16 Å². The number of benzene rings is 3. The zero-order chi connectivity index (χ0) is 16.5. The highest BCUT2D eigenvalue weighted by Crippen LogP contribution is 2.17. The molecule has 0 amide bonds. The molecule has 0 aromatic heterocycles. The van der Waals surface area contributed by atoms with Crippen molar-refractivity contribution in [3.8, 4) is 16.9 Å². The van der Waals surface area contributed by atoms with E-state index in [9.17, 15) is 4.79 Å². The normalized spacial score (nSPS) is 9.43. The fourth-order valence-corrected chi connectivity index (χ4v) is 2.03. The monoisotopic (exact) mass is 306 g/mol. The molecular formula is C20H18O3. The second-order valence-electron chi connectivity index (χ2n) is 4.87. The van der Waals surface area contributed by atoms with Gasteiger partial charge in [0.1, 0.15) is 5.75 Å². The van der Waals surface area contributed by atoms with Crippen molar-refractivity contribution in [2.45, 2.75) is 6.92 Å². The largest absolute Gasteiger partial charge is 0.511 e. The first kappa shape index (κ1) is 16.3. The Hall–Kier alpha value is -3.07. The molecule has 0 heterocycles. The lowest BCUT2D eigenvalue weighted by Gasteiger charge is -2.01. The van der Waals surface area contributed by atoms with Crippen molar-refractivity contribution in [2.75, 3.05) is 0 Å². The first-order chi connectivity index (χ1) is 11.2. The van der Waals surface area contributed by atoms with Crippen LogP contribution in [0.5, 0.6) is 5.75 Å². The van der Waals surface area contributed by atoms with Crippen LogP contribution in [0.25, 0.3) is 11.1 Å². The molecule has 0 radical (unpaired) electrons. The van der Waals surface area contributed by atoms with Crippen molar-refractivity contribution in [2.24, 2.45) is 0 Å². The highest BCUT2D eigenvalue weighted by atomic mass is 16.7. The fraction of sp³-hybridized carbons (Fsp3) is 0.0500. The minimum atomic E-state index is -1.28. The quantitative estimate of drug-likeness (QED) is 0.509. The van der Waals surface area contributed by atoms with Crippen molar-refractivity contribution in [1.82, 2.24) is 0 Å². The van der Waals surface area contributed by atoms with E-state index in [2.05, 4.69) is 53.3 Å².